The lowest BCUT2D eigenvalue weighted by Gasteiger charge is -2.10. The van der Waals surface area contributed by atoms with Gasteiger partial charge in [-0.05, 0) is 24.1 Å². The number of Topliss-reactive ketones (excluding diaryl/α,β-unsaturated/α-hetero) is 1. The molecule has 0 spiro atoms. The Morgan fingerprint density at radius 1 is 1.27 bits per heavy atom. The standard InChI is InChI=1S/C16H15ClFNO3/c1-10-13(18)12(11-6-4-3-5-7-11)14(15(20)16(17)21)19(10)8-9-22-2/h3-7H,8-9H2,1-2H3. The Labute approximate surface area is 132 Å². The summed E-state index contributed by atoms with van der Waals surface area (Å²) in [4.78, 5) is 23.5. The molecule has 1 aromatic carbocycles. The van der Waals surface area contributed by atoms with E-state index in [0.29, 0.717) is 5.56 Å². The van der Waals surface area contributed by atoms with Crippen molar-refractivity contribution in [3.05, 3.63) is 47.5 Å². The van der Waals surface area contributed by atoms with Gasteiger partial charge in [0.2, 0.25) is 0 Å². The quantitative estimate of drug-likeness (QED) is 0.466. The van der Waals surface area contributed by atoms with Crippen LogP contribution in [0.2, 0.25) is 0 Å². The first-order chi connectivity index (χ1) is 10.5. The Hall–Kier alpha value is -1.98. The zero-order valence-electron chi connectivity index (χ0n) is 12.2. The van der Waals surface area contributed by atoms with E-state index in [1.54, 1.807) is 37.3 Å². The summed E-state index contributed by atoms with van der Waals surface area (Å²) in [5.74, 6) is -1.47. The molecule has 1 heterocycles. The maximum atomic E-state index is 14.7. The van der Waals surface area contributed by atoms with E-state index in [1.807, 2.05) is 0 Å². The summed E-state index contributed by atoms with van der Waals surface area (Å²) in [5.41, 5.74) is 0.823. The molecule has 0 aliphatic heterocycles. The number of hydrogen-bond acceptors (Lipinski definition) is 3. The Kier molecular flexibility index (Phi) is 5.11. The molecule has 2 aromatic rings. The van der Waals surface area contributed by atoms with Gasteiger partial charge in [-0.2, -0.15) is 0 Å². The van der Waals surface area contributed by atoms with Crippen molar-refractivity contribution in [3.8, 4) is 11.1 Å². The van der Waals surface area contributed by atoms with Gasteiger partial charge in [-0.1, -0.05) is 30.3 Å². The van der Waals surface area contributed by atoms with Crippen LogP contribution >= 0.6 is 11.6 Å². The monoisotopic (exact) mass is 323 g/mol. The second-order valence-corrected chi connectivity index (χ2v) is 5.08. The highest BCUT2D eigenvalue weighted by atomic mass is 35.5. The van der Waals surface area contributed by atoms with Crippen LogP contribution in [0.4, 0.5) is 4.39 Å². The number of nitrogens with zero attached hydrogens (tertiary/aromatic N) is 1. The molecule has 0 fully saturated rings. The molecule has 0 amide bonds. The van der Waals surface area contributed by atoms with Crippen LogP contribution in [0.5, 0.6) is 0 Å². The molecule has 2 rings (SSSR count). The minimum atomic E-state index is -1.15. The average Bonchev–Trinajstić information content (AvgIpc) is 2.77. The van der Waals surface area contributed by atoms with Gasteiger partial charge in [-0.3, -0.25) is 9.59 Å². The summed E-state index contributed by atoms with van der Waals surface area (Å²) in [5, 5.41) is -1.15. The zero-order valence-corrected chi connectivity index (χ0v) is 13.0. The summed E-state index contributed by atoms with van der Waals surface area (Å²) < 4.78 is 21.1. The van der Waals surface area contributed by atoms with Gasteiger partial charge in [0.1, 0.15) is 5.69 Å². The number of carbonyl (C=O) groups is 2. The number of ether oxygens (including phenoxy) is 1. The number of halogens is 2. The Balaban J connectivity index is 2.71. The third kappa shape index (κ3) is 2.96. The third-order valence-corrected chi connectivity index (χ3v) is 3.60. The number of carbonyl (C=O) groups excluding carboxylic acids is 2. The molecule has 1 aromatic heterocycles. The molecule has 0 unspecified atom stereocenters. The molecule has 22 heavy (non-hydrogen) atoms. The lowest BCUT2D eigenvalue weighted by Crippen LogP contribution is -2.18. The summed E-state index contributed by atoms with van der Waals surface area (Å²) in [6, 6.07) is 8.59. The molecule has 116 valence electrons. The normalized spacial score (nSPS) is 10.7. The van der Waals surface area contributed by atoms with Crippen LogP contribution in [0.3, 0.4) is 0 Å². The number of ketones is 1. The van der Waals surface area contributed by atoms with Crippen molar-refractivity contribution >= 4 is 22.6 Å². The molecule has 0 N–H and O–H groups in total. The summed E-state index contributed by atoms with van der Waals surface area (Å²) in [6.45, 7) is 2.07. The lowest BCUT2D eigenvalue weighted by atomic mass is 10.0. The fraction of sp³-hybridized carbons (Fsp3) is 0.250. The smallest absolute Gasteiger partial charge is 0.294 e. The Bertz CT molecular complexity index is 710. The largest absolute Gasteiger partial charge is 0.383 e. The van der Waals surface area contributed by atoms with Crippen LogP contribution in [0, 0.1) is 12.7 Å². The van der Waals surface area contributed by atoms with Gasteiger partial charge in [0.25, 0.3) is 11.0 Å². The van der Waals surface area contributed by atoms with Crippen LogP contribution in [-0.2, 0) is 16.1 Å². The van der Waals surface area contributed by atoms with E-state index >= 15 is 0 Å². The van der Waals surface area contributed by atoms with Crippen molar-refractivity contribution in [3.63, 3.8) is 0 Å². The van der Waals surface area contributed by atoms with Gasteiger partial charge in [-0.15, -0.1) is 0 Å². The van der Waals surface area contributed by atoms with Crippen molar-refractivity contribution in [2.75, 3.05) is 13.7 Å². The zero-order chi connectivity index (χ0) is 16.3. The third-order valence-electron chi connectivity index (χ3n) is 3.42. The van der Waals surface area contributed by atoms with Crippen LogP contribution in [0.15, 0.2) is 30.3 Å². The van der Waals surface area contributed by atoms with E-state index in [4.69, 9.17) is 16.3 Å². The van der Waals surface area contributed by atoms with Crippen molar-refractivity contribution in [2.45, 2.75) is 13.5 Å². The predicted octanol–water partition coefficient (Wildman–Crippen LogP) is 3.20. The van der Waals surface area contributed by atoms with E-state index in [1.165, 1.54) is 11.7 Å². The van der Waals surface area contributed by atoms with Crippen molar-refractivity contribution < 1.29 is 18.7 Å². The van der Waals surface area contributed by atoms with E-state index in [0.717, 1.165) is 0 Å². The van der Waals surface area contributed by atoms with Gasteiger partial charge in [0, 0.05) is 19.2 Å². The van der Waals surface area contributed by atoms with E-state index in [9.17, 15) is 14.0 Å². The minimum absolute atomic E-state index is 0.0433. The highest BCUT2D eigenvalue weighted by Crippen LogP contribution is 2.32. The number of aromatic nitrogens is 1. The predicted molar refractivity (Wildman–Crippen MR) is 81.6 cm³/mol. The Morgan fingerprint density at radius 3 is 2.45 bits per heavy atom. The fourth-order valence-corrected chi connectivity index (χ4v) is 2.46. The van der Waals surface area contributed by atoms with E-state index in [2.05, 4.69) is 0 Å². The lowest BCUT2D eigenvalue weighted by molar-refractivity contribution is -0.108. The number of hydrogen-bond donors (Lipinski definition) is 0. The van der Waals surface area contributed by atoms with Crippen LogP contribution < -0.4 is 0 Å². The van der Waals surface area contributed by atoms with Gasteiger partial charge < -0.3 is 9.30 Å². The van der Waals surface area contributed by atoms with E-state index < -0.39 is 16.8 Å². The van der Waals surface area contributed by atoms with Crippen molar-refractivity contribution in [2.24, 2.45) is 0 Å². The molecule has 0 radical (unpaired) electrons. The van der Waals surface area contributed by atoms with Gasteiger partial charge in [0.15, 0.2) is 5.82 Å². The highest BCUT2D eigenvalue weighted by Gasteiger charge is 2.29. The first-order valence-electron chi connectivity index (χ1n) is 6.66. The topological polar surface area (TPSA) is 48.3 Å². The van der Waals surface area contributed by atoms with Crippen LogP contribution in [0.25, 0.3) is 11.1 Å². The fourth-order valence-electron chi connectivity index (χ4n) is 2.37. The molecule has 0 saturated carbocycles. The van der Waals surface area contributed by atoms with Crippen LogP contribution in [0.1, 0.15) is 16.2 Å². The Morgan fingerprint density at radius 2 is 1.91 bits per heavy atom. The van der Waals surface area contributed by atoms with Gasteiger partial charge >= 0.3 is 0 Å². The molecular formula is C16H15ClFNO3. The van der Waals surface area contributed by atoms with Crippen molar-refractivity contribution in [1.82, 2.24) is 4.57 Å². The van der Waals surface area contributed by atoms with Crippen LogP contribution in [-0.4, -0.2) is 29.3 Å². The molecular weight excluding hydrogens is 309 g/mol. The maximum absolute atomic E-state index is 14.7. The molecule has 0 aliphatic rings. The summed E-state index contributed by atoms with van der Waals surface area (Å²) in [7, 11) is 1.50. The van der Waals surface area contributed by atoms with Gasteiger partial charge in [0.05, 0.1) is 12.3 Å². The first kappa shape index (κ1) is 16.4. The molecule has 0 saturated heterocycles. The minimum Gasteiger partial charge on any atom is -0.383 e. The highest BCUT2D eigenvalue weighted by molar-refractivity contribution is 6.83. The van der Waals surface area contributed by atoms with Crippen molar-refractivity contribution in [1.29, 1.82) is 0 Å². The molecule has 0 aliphatic carbocycles. The SMILES string of the molecule is COCCn1c(C)c(F)c(-c2ccccc2)c1C(=O)C(=O)Cl. The van der Waals surface area contributed by atoms with E-state index in [-0.39, 0.29) is 30.1 Å². The number of benzene rings is 1. The molecule has 6 heteroatoms. The number of methoxy groups -OCH3 is 1. The second-order valence-electron chi connectivity index (χ2n) is 4.74. The molecule has 4 nitrogen and oxygen atoms in total. The summed E-state index contributed by atoms with van der Waals surface area (Å²) >= 11 is 5.33. The maximum Gasteiger partial charge on any atom is 0.294 e. The second kappa shape index (κ2) is 6.85. The number of rotatable bonds is 6. The van der Waals surface area contributed by atoms with Gasteiger partial charge in [-0.25, -0.2) is 4.39 Å². The first-order valence-corrected chi connectivity index (χ1v) is 7.04. The molecule has 0 atom stereocenters. The summed E-state index contributed by atoms with van der Waals surface area (Å²) in [6.07, 6.45) is 0. The molecule has 0 bridgehead atoms. The average molecular weight is 324 g/mol.